The summed E-state index contributed by atoms with van der Waals surface area (Å²) < 4.78 is 5.77. The number of rotatable bonds is 6. The van der Waals surface area contributed by atoms with Crippen LogP contribution in [0.3, 0.4) is 0 Å². The third kappa shape index (κ3) is 3.79. The molecule has 0 bridgehead atoms. The molecule has 1 aromatic carbocycles. The summed E-state index contributed by atoms with van der Waals surface area (Å²) in [6.45, 7) is 5.81. The Morgan fingerprint density at radius 1 is 1.42 bits per heavy atom. The Kier molecular flexibility index (Phi) is 6.01. The molecule has 1 amide bonds. The Balaban J connectivity index is 2.36. The topological polar surface area (TPSA) is 69.7 Å². The maximum atomic E-state index is 12.7. The molecule has 5 nitrogen and oxygen atoms in total. The van der Waals surface area contributed by atoms with Crippen molar-refractivity contribution in [2.75, 3.05) is 6.61 Å². The number of aliphatic carboxylic acids is 1. The quantitative estimate of drug-likeness (QED) is 0.568. The van der Waals surface area contributed by atoms with Crippen LogP contribution in [0.5, 0.6) is 5.75 Å². The highest BCUT2D eigenvalue weighted by Gasteiger charge is 2.39. The molecule has 1 fully saturated rings. The number of amides is 1. The summed E-state index contributed by atoms with van der Waals surface area (Å²) in [7, 11) is 0. The van der Waals surface area contributed by atoms with E-state index < -0.39 is 17.9 Å². The molecule has 1 aliphatic rings. The number of thiocarbonyl (C=S) groups is 1. The van der Waals surface area contributed by atoms with Crippen LogP contribution in [0.15, 0.2) is 29.2 Å². The molecule has 1 aliphatic heterocycles. The Bertz CT molecular complexity index is 700. The molecule has 0 aromatic heterocycles. The third-order valence-electron chi connectivity index (χ3n) is 3.48. The number of hydrogen-bond acceptors (Lipinski definition) is 6. The SMILES string of the molecule is CCOc1ccccc1/C=C1/SC(=S)N([C@@H](C(=O)[O-])C(C)C)C1=O. The second kappa shape index (κ2) is 7.81. The average Bonchev–Trinajstić information content (AvgIpc) is 2.77. The molecule has 0 unspecified atom stereocenters. The summed E-state index contributed by atoms with van der Waals surface area (Å²) in [6, 6.07) is 6.25. The molecule has 0 saturated carbocycles. The molecule has 2 rings (SSSR count). The molecule has 1 heterocycles. The van der Waals surface area contributed by atoms with E-state index in [0.717, 1.165) is 22.2 Å². The van der Waals surface area contributed by atoms with Crippen molar-refractivity contribution in [3.8, 4) is 5.75 Å². The first-order valence-corrected chi connectivity index (χ1v) is 8.79. The highest BCUT2D eigenvalue weighted by molar-refractivity contribution is 8.26. The summed E-state index contributed by atoms with van der Waals surface area (Å²) in [5, 5.41) is 11.4. The molecule has 7 heteroatoms. The first-order chi connectivity index (χ1) is 11.4. The monoisotopic (exact) mass is 364 g/mol. The van der Waals surface area contributed by atoms with E-state index in [-0.39, 0.29) is 10.2 Å². The smallest absolute Gasteiger partial charge is 0.266 e. The molecular formula is C17H18NO4S2-. The predicted molar refractivity (Wildman–Crippen MR) is 96.3 cm³/mol. The molecule has 1 aromatic rings. The van der Waals surface area contributed by atoms with E-state index in [1.165, 1.54) is 0 Å². The number of benzene rings is 1. The van der Waals surface area contributed by atoms with Crippen LogP contribution in [0.2, 0.25) is 0 Å². The van der Waals surface area contributed by atoms with Gasteiger partial charge in [0.05, 0.1) is 23.5 Å². The minimum Gasteiger partial charge on any atom is -0.548 e. The van der Waals surface area contributed by atoms with Gasteiger partial charge in [-0.05, 0) is 25.0 Å². The number of carboxylic acid groups (broad SMARTS) is 1. The number of hydrogen-bond donors (Lipinski definition) is 0. The highest BCUT2D eigenvalue weighted by Crippen LogP contribution is 2.36. The molecule has 0 radical (unpaired) electrons. The van der Waals surface area contributed by atoms with E-state index in [1.807, 2.05) is 31.2 Å². The normalized spacial score (nSPS) is 17.7. The number of carbonyl (C=O) groups is 2. The van der Waals surface area contributed by atoms with Crippen LogP contribution in [-0.2, 0) is 9.59 Å². The zero-order valence-corrected chi connectivity index (χ0v) is 15.3. The van der Waals surface area contributed by atoms with Gasteiger partial charge in [0.2, 0.25) is 0 Å². The lowest BCUT2D eigenvalue weighted by Crippen LogP contribution is -2.52. The van der Waals surface area contributed by atoms with Crippen LogP contribution >= 0.6 is 24.0 Å². The van der Waals surface area contributed by atoms with Crippen LogP contribution in [-0.4, -0.2) is 33.7 Å². The molecular weight excluding hydrogens is 346 g/mol. The Labute approximate surface area is 150 Å². The summed E-state index contributed by atoms with van der Waals surface area (Å²) in [6.07, 6.45) is 1.68. The molecule has 0 aliphatic carbocycles. The van der Waals surface area contributed by atoms with Gasteiger partial charge in [0, 0.05) is 5.56 Å². The first-order valence-electron chi connectivity index (χ1n) is 7.56. The highest BCUT2D eigenvalue weighted by atomic mass is 32.2. The van der Waals surface area contributed by atoms with Gasteiger partial charge in [0.25, 0.3) is 5.91 Å². The minimum atomic E-state index is -1.31. The number of thioether (sulfide) groups is 1. The van der Waals surface area contributed by atoms with Crippen molar-refractivity contribution in [2.45, 2.75) is 26.8 Å². The van der Waals surface area contributed by atoms with E-state index in [0.29, 0.717) is 17.3 Å². The standard InChI is InChI=1S/C17H19NO4S2/c1-4-22-12-8-6-5-7-11(12)9-13-15(19)18(17(23)24-13)14(10(2)3)16(20)21/h5-10,14H,4H2,1-3H3,(H,20,21)/p-1/b13-9+/t14-/m1/s1. The van der Waals surface area contributed by atoms with Gasteiger partial charge < -0.3 is 14.6 Å². The van der Waals surface area contributed by atoms with Gasteiger partial charge >= 0.3 is 0 Å². The second-order valence-electron chi connectivity index (χ2n) is 5.53. The molecule has 0 spiro atoms. The van der Waals surface area contributed by atoms with Crippen molar-refractivity contribution in [3.63, 3.8) is 0 Å². The average molecular weight is 364 g/mol. The maximum Gasteiger partial charge on any atom is 0.266 e. The van der Waals surface area contributed by atoms with Crippen molar-refractivity contribution < 1.29 is 19.4 Å². The minimum absolute atomic E-state index is 0.225. The maximum absolute atomic E-state index is 12.7. The predicted octanol–water partition coefficient (Wildman–Crippen LogP) is 2.06. The molecule has 24 heavy (non-hydrogen) atoms. The molecule has 0 N–H and O–H groups in total. The van der Waals surface area contributed by atoms with E-state index in [2.05, 4.69) is 0 Å². The van der Waals surface area contributed by atoms with E-state index >= 15 is 0 Å². The molecule has 1 atom stereocenters. The van der Waals surface area contributed by atoms with Crippen LogP contribution in [0, 0.1) is 5.92 Å². The van der Waals surface area contributed by atoms with Crippen molar-refractivity contribution in [1.82, 2.24) is 4.90 Å². The van der Waals surface area contributed by atoms with E-state index in [9.17, 15) is 14.7 Å². The van der Waals surface area contributed by atoms with Crippen molar-refractivity contribution in [3.05, 3.63) is 34.7 Å². The fourth-order valence-corrected chi connectivity index (χ4v) is 3.74. The van der Waals surface area contributed by atoms with Gasteiger partial charge in [-0.25, -0.2) is 0 Å². The lowest BCUT2D eigenvalue weighted by Gasteiger charge is -2.30. The number of para-hydroxylation sites is 1. The number of carbonyl (C=O) groups excluding carboxylic acids is 2. The summed E-state index contributed by atoms with van der Waals surface area (Å²) >= 11 is 6.30. The van der Waals surface area contributed by atoms with Crippen LogP contribution < -0.4 is 9.84 Å². The lowest BCUT2D eigenvalue weighted by molar-refractivity contribution is -0.311. The third-order valence-corrected chi connectivity index (χ3v) is 4.81. The van der Waals surface area contributed by atoms with Crippen LogP contribution in [0.25, 0.3) is 6.08 Å². The largest absolute Gasteiger partial charge is 0.548 e. The number of carboxylic acids is 1. The molecule has 1 saturated heterocycles. The van der Waals surface area contributed by atoms with Crippen molar-refractivity contribution in [2.24, 2.45) is 5.92 Å². The van der Waals surface area contributed by atoms with Crippen LogP contribution in [0.4, 0.5) is 0 Å². The Morgan fingerprint density at radius 2 is 2.08 bits per heavy atom. The first kappa shape index (κ1) is 18.5. The summed E-state index contributed by atoms with van der Waals surface area (Å²) in [4.78, 5) is 25.6. The van der Waals surface area contributed by atoms with Gasteiger partial charge in [0.1, 0.15) is 10.1 Å². The Morgan fingerprint density at radius 3 is 2.67 bits per heavy atom. The zero-order valence-electron chi connectivity index (χ0n) is 13.6. The fourth-order valence-electron chi connectivity index (χ4n) is 2.42. The van der Waals surface area contributed by atoms with Gasteiger partial charge in [-0.1, -0.05) is 56.0 Å². The number of nitrogens with zero attached hydrogens (tertiary/aromatic N) is 1. The van der Waals surface area contributed by atoms with Crippen molar-refractivity contribution >= 4 is 46.3 Å². The summed E-state index contributed by atoms with van der Waals surface area (Å²) in [5.74, 6) is -1.38. The summed E-state index contributed by atoms with van der Waals surface area (Å²) in [5.41, 5.74) is 0.745. The van der Waals surface area contributed by atoms with Crippen molar-refractivity contribution in [1.29, 1.82) is 0 Å². The number of ether oxygens (including phenoxy) is 1. The molecule has 128 valence electrons. The van der Waals surface area contributed by atoms with Gasteiger partial charge in [-0.2, -0.15) is 0 Å². The second-order valence-corrected chi connectivity index (χ2v) is 7.21. The fraction of sp³-hybridized carbons (Fsp3) is 0.353. The van der Waals surface area contributed by atoms with Gasteiger partial charge in [-0.15, -0.1) is 0 Å². The lowest BCUT2D eigenvalue weighted by atomic mass is 10.0. The zero-order chi connectivity index (χ0) is 17.9. The van der Waals surface area contributed by atoms with Gasteiger partial charge in [0.15, 0.2) is 0 Å². The van der Waals surface area contributed by atoms with Crippen LogP contribution in [0.1, 0.15) is 26.3 Å². The van der Waals surface area contributed by atoms with Gasteiger partial charge in [-0.3, -0.25) is 9.69 Å². The van der Waals surface area contributed by atoms with E-state index in [4.69, 9.17) is 17.0 Å². The van der Waals surface area contributed by atoms with E-state index in [1.54, 1.807) is 19.9 Å². The Hall–Kier alpha value is -1.86.